The van der Waals surface area contributed by atoms with E-state index in [4.69, 9.17) is 5.73 Å². The summed E-state index contributed by atoms with van der Waals surface area (Å²) in [6.45, 7) is 0.170. The smallest absolute Gasteiger partial charge is 0.289 e. The second kappa shape index (κ2) is 9.99. The quantitative estimate of drug-likeness (QED) is 0.388. The number of aromatic nitrogens is 3. The van der Waals surface area contributed by atoms with Crippen LogP contribution in [0.5, 0.6) is 0 Å². The van der Waals surface area contributed by atoms with Gasteiger partial charge in [0, 0.05) is 36.9 Å². The topological polar surface area (TPSA) is 123 Å². The Kier molecular flexibility index (Phi) is 6.67. The summed E-state index contributed by atoms with van der Waals surface area (Å²) < 4.78 is 27.0. The number of benzene rings is 2. The molecular weight excluding hydrogens is 442 g/mol. The predicted molar refractivity (Wildman–Crippen MR) is 121 cm³/mol. The summed E-state index contributed by atoms with van der Waals surface area (Å²) in [4.78, 5) is 37.3. The summed E-state index contributed by atoms with van der Waals surface area (Å²) in [5.74, 6) is -2.94. The van der Waals surface area contributed by atoms with Crippen LogP contribution in [0.2, 0.25) is 0 Å². The lowest BCUT2D eigenvalue weighted by atomic mass is 10.0. The summed E-state index contributed by atoms with van der Waals surface area (Å²) in [6.07, 6.45) is 4.32. The molecule has 0 fully saturated rings. The van der Waals surface area contributed by atoms with Gasteiger partial charge in [0.1, 0.15) is 11.9 Å². The first-order chi connectivity index (χ1) is 16.4. The van der Waals surface area contributed by atoms with Crippen LogP contribution >= 0.6 is 0 Å². The normalized spacial score (nSPS) is 11.7. The van der Waals surface area contributed by atoms with E-state index in [1.54, 1.807) is 18.3 Å². The molecule has 0 radical (unpaired) electrons. The van der Waals surface area contributed by atoms with Gasteiger partial charge in [0.2, 0.25) is 11.7 Å². The zero-order valence-electron chi connectivity index (χ0n) is 17.8. The molecule has 0 aliphatic rings. The number of nitrogen functional groups attached to an aromatic ring is 1. The number of amides is 2. The van der Waals surface area contributed by atoms with Gasteiger partial charge in [0.25, 0.3) is 5.91 Å². The summed E-state index contributed by atoms with van der Waals surface area (Å²) in [6, 6.07) is 11.1. The molecule has 4 N–H and O–H groups in total. The molecule has 10 heteroatoms. The van der Waals surface area contributed by atoms with Crippen LogP contribution in [0.4, 0.5) is 14.6 Å². The molecule has 0 saturated carbocycles. The lowest BCUT2D eigenvalue weighted by Gasteiger charge is -2.18. The monoisotopic (exact) mass is 462 g/mol. The molecule has 8 nitrogen and oxygen atoms in total. The zero-order chi connectivity index (χ0) is 24.1. The van der Waals surface area contributed by atoms with Gasteiger partial charge in [-0.15, -0.1) is 0 Å². The molecule has 0 aliphatic heterocycles. The van der Waals surface area contributed by atoms with Gasteiger partial charge in [-0.1, -0.05) is 18.2 Å². The lowest BCUT2D eigenvalue weighted by Crippen LogP contribution is -2.48. The van der Waals surface area contributed by atoms with Crippen LogP contribution in [0.25, 0.3) is 10.8 Å². The van der Waals surface area contributed by atoms with Gasteiger partial charge >= 0.3 is 0 Å². The Morgan fingerprint density at radius 3 is 2.44 bits per heavy atom. The van der Waals surface area contributed by atoms with Gasteiger partial charge in [-0.3, -0.25) is 9.59 Å². The number of nitrogens with two attached hydrogens (primary N) is 1. The zero-order valence-corrected chi connectivity index (χ0v) is 17.8. The maximum absolute atomic E-state index is 13.7. The molecule has 4 rings (SSSR count). The van der Waals surface area contributed by atoms with Crippen LogP contribution in [0.3, 0.4) is 0 Å². The van der Waals surface area contributed by atoms with E-state index >= 15 is 0 Å². The Labute approximate surface area is 193 Å². The maximum Gasteiger partial charge on any atom is 0.289 e. The van der Waals surface area contributed by atoms with E-state index in [1.165, 1.54) is 18.5 Å². The molecule has 0 saturated heterocycles. The second-order valence-corrected chi connectivity index (χ2v) is 7.52. The number of anilines is 1. The molecule has 4 aromatic rings. The number of carbonyl (C=O) groups excluding carboxylic acids is 2. The molecule has 172 valence electrons. The van der Waals surface area contributed by atoms with Crippen molar-refractivity contribution in [2.24, 2.45) is 0 Å². The SMILES string of the molecule is Nc1nccc2cc(CNC(=O)[C@H](Cc3ccc(F)c(F)c3)NC(=O)c3ncccn3)ccc12. The summed E-state index contributed by atoms with van der Waals surface area (Å²) in [5.41, 5.74) is 7.01. The second-order valence-electron chi connectivity index (χ2n) is 7.52. The Balaban J connectivity index is 1.51. The van der Waals surface area contributed by atoms with Crippen molar-refractivity contribution in [3.8, 4) is 0 Å². The minimum absolute atomic E-state index is 0.0679. The average molecular weight is 462 g/mol. The fraction of sp³-hybridized carbons (Fsp3) is 0.125. The van der Waals surface area contributed by atoms with Crippen LogP contribution in [-0.2, 0) is 17.8 Å². The molecule has 2 aromatic heterocycles. The Morgan fingerprint density at radius 2 is 1.68 bits per heavy atom. The van der Waals surface area contributed by atoms with Gasteiger partial charge < -0.3 is 16.4 Å². The van der Waals surface area contributed by atoms with E-state index in [0.717, 1.165) is 28.5 Å². The highest BCUT2D eigenvalue weighted by atomic mass is 19.2. The highest BCUT2D eigenvalue weighted by molar-refractivity contribution is 5.95. The number of rotatable bonds is 7. The van der Waals surface area contributed by atoms with Crippen LogP contribution < -0.4 is 16.4 Å². The standard InChI is InChI=1S/C24H20F2N6O2/c25-18-5-3-14(11-19(18)26)12-20(32-24(34)22-29-7-1-8-30-22)23(33)31-13-15-2-4-17-16(10-15)6-9-28-21(17)27/h1-11,20H,12-13H2,(H2,27,28)(H,31,33)(H,32,34)/t20-/m0/s1. The molecule has 0 spiro atoms. The van der Waals surface area contributed by atoms with Crippen LogP contribution in [0.15, 0.2) is 67.1 Å². The first kappa shape index (κ1) is 22.7. The van der Waals surface area contributed by atoms with Crippen LogP contribution in [0.1, 0.15) is 21.7 Å². The highest BCUT2D eigenvalue weighted by Crippen LogP contribution is 2.20. The van der Waals surface area contributed by atoms with Gasteiger partial charge in [-0.05, 0) is 46.8 Å². The molecule has 2 heterocycles. The van der Waals surface area contributed by atoms with Crippen molar-refractivity contribution in [2.45, 2.75) is 19.0 Å². The Hall–Kier alpha value is -4.47. The van der Waals surface area contributed by atoms with Crippen molar-refractivity contribution in [2.75, 3.05) is 5.73 Å². The van der Waals surface area contributed by atoms with Crippen molar-refractivity contribution in [3.63, 3.8) is 0 Å². The Morgan fingerprint density at radius 1 is 0.912 bits per heavy atom. The van der Waals surface area contributed by atoms with Crippen LogP contribution in [0, 0.1) is 11.6 Å². The number of halogens is 2. The number of nitrogens with one attached hydrogen (secondary N) is 2. The molecular formula is C24H20F2N6O2. The predicted octanol–water partition coefficient (Wildman–Crippen LogP) is 2.54. The van der Waals surface area contributed by atoms with Gasteiger partial charge in [-0.25, -0.2) is 23.7 Å². The largest absolute Gasteiger partial charge is 0.383 e. The number of nitrogens with zero attached hydrogens (tertiary/aromatic N) is 3. The third-order valence-electron chi connectivity index (χ3n) is 5.14. The van der Waals surface area contributed by atoms with Gasteiger partial charge in [0.05, 0.1) is 0 Å². The fourth-order valence-electron chi connectivity index (χ4n) is 3.42. The summed E-state index contributed by atoms with van der Waals surface area (Å²) >= 11 is 0. The first-order valence-corrected chi connectivity index (χ1v) is 10.3. The van der Waals surface area contributed by atoms with E-state index in [1.807, 2.05) is 18.2 Å². The van der Waals surface area contributed by atoms with E-state index in [-0.39, 0.29) is 18.8 Å². The third-order valence-corrected chi connectivity index (χ3v) is 5.14. The third kappa shape index (κ3) is 5.29. The number of pyridine rings is 1. The minimum Gasteiger partial charge on any atom is -0.383 e. The molecule has 0 bridgehead atoms. The van der Waals surface area contributed by atoms with Crippen molar-refractivity contribution in [1.29, 1.82) is 0 Å². The van der Waals surface area contributed by atoms with Crippen molar-refractivity contribution < 1.29 is 18.4 Å². The van der Waals surface area contributed by atoms with Crippen molar-refractivity contribution >= 4 is 28.4 Å². The van der Waals surface area contributed by atoms with E-state index in [2.05, 4.69) is 25.6 Å². The maximum atomic E-state index is 13.7. The highest BCUT2D eigenvalue weighted by Gasteiger charge is 2.23. The molecule has 0 unspecified atom stereocenters. The van der Waals surface area contributed by atoms with Gasteiger partial charge in [-0.2, -0.15) is 0 Å². The molecule has 1 atom stereocenters. The van der Waals surface area contributed by atoms with Crippen molar-refractivity contribution in [1.82, 2.24) is 25.6 Å². The molecule has 34 heavy (non-hydrogen) atoms. The first-order valence-electron chi connectivity index (χ1n) is 10.3. The lowest BCUT2D eigenvalue weighted by molar-refractivity contribution is -0.123. The fourth-order valence-corrected chi connectivity index (χ4v) is 3.42. The molecule has 0 aliphatic carbocycles. The Bertz CT molecular complexity index is 1350. The average Bonchev–Trinajstić information content (AvgIpc) is 2.85. The number of carbonyl (C=O) groups is 2. The van der Waals surface area contributed by atoms with Gasteiger partial charge in [0.15, 0.2) is 11.6 Å². The van der Waals surface area contributed by atoms with Crippen LogP contribution in [-0.4, -0.2) is 32.8 Å². The molecule has 2 amide bonds. The molecule has 2 aromatic carbocycles. The number of hydrogen-bond acceptors (Lipinski definition) is 6. The summed E-state index contributed by atoms with van der Waals surface area (Å²) in [7, 11) is 0. The van der Waals surface area contributed by atoms with E-state index in [0.29, 0.717) is 11.4 Å². The van der Waals surface area contributed by atoms with E-state index in [9.17, 15) is 18.4 Å². The number of hydrogen-bond donors (Lipinski definition) is 3. The minimum atomic E-state index is -1.08. The van der Waals surface area contributed by atoms with E-state index < -0.39 is 29.5 Å². The number of fused-ring (bicyclic) bond motifs is 1. The van der Waals surface area contributed by atoms with Crippen molar-refractivity contribution in [3.05, 3.63) is 95.7 Å². The summed E-state index contributed by atoms with van der Waals surface area (Å²) in [5, 5.41) is 7.01.